The molecule has 0 radical (unpaired) electrons. The summed E-state index contributed by atoms with van der Waals surface area (Å²) in [7, 11) is 1.25. The first-order chi connectivity index (χ1) is 13.7. The van der Waals surface area contributed by atoms with Gasteiger partial charge in [-0.3, -0.25) is 0 Å². The molecule has 0 bridgehead atoms. The molecule has 0 saturated carbocycles. The number of alkyl carbamates (subject to hydrolysis) is 1. The molecule has 0 spiro atoms. The normalized spacial score (nSPS) is 13.3. The molecule has 1 N–H and O–H groups in total. The molecule has 6 heteroatoms. The first-order valence-electron chi connectivity index (χ1n) is 8.91. The Bertz CT molecular complexity index is 950. The average Bonchev–Trinajstić information content (AvgIpc) is 3.37. The molecule has 28 heavy (non-hydrogen) atoms. The summed E-state index contributed by atoms with van der Waals surface area (Å²) < 4.78 is 15.4. The van der Waals surface area contributed by atoms with Crippen molar-refractivity contribution in [2.75, 3.05) is 13.7 Å². The largest absolute Gasteiger partial charge is 0.467 e. The van der Waals surface area contributed by atoms with Crippen LogP contribution in [0.5, 0.6) is 0 Å². The van der Waals surface area contributed by atoms with Gasteiger partial charge in [0.15, 0.2) is 6.04 Å². The molecule has 1 aliphatic rings. The van der Waals surface area contributed by atoms with Crippen LogP contribution in [0.25, 0.3) is 11.1 Å². The number of fused-ring (bicyclic) bond motifs is 3. The van der Waals surface area contributed by atoms with Crippen molar-refractivity contribution in [1.82, 2.24) is 5.32 Å². The second-order valence-corrected chi connectivity index (χ2v) is 6.44. The minimum atomic E-state index is -1.06. The Labute approximate surface area is 162 Å². The van der Waals surface area contributed by atoms with Crippen LogP contribution >= 0.6 is 0 Å². The molecular formula is C22H19NO5. The van der Waals surface area contributed by atoms with E-state index in [0.717, 1.165) is 22.3 Å². The van der Waals surface area contributed by atoms with E-state index in [1.165, 1.54) is 13.4 Å². The van der Waals surface area contributed by atoms with E-state index in [9.17, 15) is 9.59 Å². The molecule has 1 amide bonds. The number of furan rings is 1. The number of hydrogen-bond acceptors (Lipinski definition) is 5. The van der Waals surface area contributed by atoms with Crippen molar-refractivity contribution >= 4 is 12.1 Å². The molecule has 1 atom stereocenters. The third-order valence-corrected chi connectivity index (χ3v) is 4.87. The lowest BCUT2D eigenvalue weighted by Gasteiger charge is -2.17. The maximum absolute atomic E-state index is 12.4. The van der Waals surface area contributed by atoms with Crippen molar-refractivity contribution < 1.29 is 23.5 Å². The predicted molar refractivity (Wildman–Crippen MR) is 102 cm³/mol. The Morgan fingerprint density at radius 3 is 2.21 bits per heavy atom. The number of ether oxygens (including phenoxy) is 2. The number of carbonyl (C=O) groups is 2. The topological polar surface area (TPSA) is 77.8 Å². The maximum Gasteiger partial charge on any atom is 0.408 e. The second kappa shape index (κ2) is 7.60. The van der Waals surface area contributed by atoms with Crippen molar-refractivity contribution in [2.45, 2.75) is 12.0 Å². The van der Waals surface area contributed by atoms with E-state index in [0.29, 0.717) is 0 Å². The Kier molecular flexibility index (Phi) is 4.85. The van der Waals surface area contributed by atoms with E-state index in [4.69, 9.17) is 13.9 Å². The molecule has 1 aromatic heterocycles. The van der Waals surface area contributed by atoms with Crippen LogP contribution in [0.2, 0.25) is 0 Å². The summed E-state index contributed by atoms with van der Waals surface area (Å²) in [5.74, 6) is -0.415. The molecule has 0 aliphatic heterocycles. The minimum absolute atomic E-state index is 0.0571. The summed E-state index contributed by atoms with van der Waals surface area (Å²) in [5.41, 5.74) is 4.53. The van der Waals surface area contributed by atoms with Crippen molar-refractivity contribution in [1.29, 1.82) is 0 Å². The van der Waals surface area contributed by atoms with E-state index in [2.05, 4.69) is 17.4 Å². The highest BCUT2D eigenvalue weighted by Crippen LogP contribution is 2.44. The third kappa shape index (κ3) is 3.24. The van der Waals surface area contributed by atoms with Gasteiger partial charge in [0, 0.05) is 5.92 Å². The molecule has 1 heterocycles. The van der Waals surface area contributed by atoms with Gasteiger partial charge in [-0.2, -0.15) is 0 Å². The fourth-order valence-corrected chi connectivity index (χ4v) is 3.58. The number of methoxy groups -OCH3 is 1. The van der Waals surface area contributed by atoms with E-state index < -0.39 is 18.1 Å². The number of hydrogen-bond donors (Lipinski definition) is 1. The van der Waals surface area contributed by atoms with Gasteiger partial charge in [0.1, 0.15) is 12.4 Å². The fourth-order valence-electron chi connectivity index (χ4n) is 3.58. The first kappa shape index (κ1) is 17.9. The summed E-state index contributed by atoms with van der Waals surface area (Å²) in [6.45, 7) is 0.159. The summed E-state index contributed by atoms with van der Waals surface area (Å²) in [4.78, 5) is 24.3. The SMILES string of the molecule is COC(=O)C(NC(=O)OCC1c2ccccc2-c2ccccc21)c1ccco1. The molecule has 0 saturated heterocycles. The first-order valence-corrected chi connectivity index (χ1v) is 8.91. The Hall–Kier alpha value is -3.54. The van der Waals surface area contributed by atoms with Crippen LogP contribution in [0.15, 0.2) is 71.3 Å². The lowest BCUT2D eigenvalue weighted by atomic mass is 9.98. The van der Waals surface area contributed by atoms with Gasteiger partial charge in [0.2, 0.25) is 0 Å². The molecule has 2 aromatic carbocycles. The van der Waals surface area contributed by atoms with E-state index in [1.54, 1.807) is 12.1 Å². The van der Waals surface area contributed by atoms with Gasteiger partial charge in [-0.05, 0) is 34.4 Å². The minimum Gasteiger partial charge on any atom is -0.467 e. The smallest absolute Gasteiger partial charge is 0.408 e. The Morgan fingerprint density at radius 1 is 1.00 bits per heavy atom. The molecule has 1 aliphatic carbocycles. The van der Waals surface area contributed by atoms with Gasteiger partial charge in [-0.1, -0.05) is 48.5 Å². The lowest BCUT2D eigenvalue weighted by Crippen LogP contribution is -2.35. The number of carbonyl (C=O) groups excluding carboxylic acids is 2. The zero-order chi connectivity index (χ0) is 19.5. The van der Waals surface area contributed by atoms with Crippen LogP contribution in [0.4, 0.5) is 4.79 Å². The quantitative estimate of drug-likeness (QED) is 0.679. The zero-order valence-electron chi connectivity index (χ0n) is 15.3. The molecular weight excluding hydrogens is 358 g/mol. The summed E-state index contributed by atoms with van der Waals surface area (Å²) >= 11 is 0. The Morgan fingerprint density at radius 2 is 1.64 bits per heavy atom. The fraction of sp³-hybridized carbons (Fsp3) is 0.182. The van der Waals surface area contributed by atoms with E-state index >= 15 is 0 Å². The summed E-state index contributed by atoms with van der Waals surface area (Å²) in [6.07, 6.45) is 0.707. The van der Waals surface area contributed by atoms with Crippen LogP contribution in [0.3, 0.4) is 0 Å². The van der Waals surface area contributed by atoms with Crippen LogP contribution < -0.4 is 5.32 Å². The molecule has 1 unspecified atom stereocenters. The van der Waals surface area contributed by atoms with Gasteiger partial charge in [-0.25, -0.2) is 9.59 Å². The predicted octanol–water partition coefficient (Wildman–Crippen LogP) is 4.03. The van der Waals surface area contributed by atoms with Gasteiger partial charge in [0.05, 0.1) is 13.4 Å². The number of amides is 1. The van der Waals surface area contributed by atoms with Crippen LogP contribution in [-0.4, -0.2) is 25.8 Å². The standard InChI is InChI=1S/C22H19NO5/c1-26-21(24)20(19-11-6-12-27-19)23-22(25)28-13-18-16-9-4-2-7-14(16)15-8-3-5-10-17(15)18/h2-12,18,20H,13H2,1H3,(H,23,25). The van der Waals surface area contributed by atoms with Crippen molar-refractivity contribution in [2.24, 2.45) is 0 Å². The zero-order valence-corrected chi connectivity index (χ0v) is 15.3. The van der Waals surface area contributed by atoms with Crippen molar-refractivity contribution in [3.05, 3.63) is 83.8 Å². The summed E-state index contributed by atoms with van der Waals surface area (Å²) in [6, 6.07) is 18.3. The average molecular weight is 377 g/mol. The number of nitrogens with one attached hydrogen (secondary N) is 1. The molecule has 0 fully saturated rings. The number of benzene rings is 2. The van der Waals surface area contributed by atoms with Gasteiger partial charge < -0.3 is 19.2 Å². The lowest BCUT2D eigenvalue weighted by molar-refractivity contribution is -0.143. The monoisotopic (exact) mass is 377 g/mol. The van der Waals surface area contributed by atoms with Gasteiger partial charge in [-0.15, -0.1) is 0 Å². The van der Waals surface area contributed by atoms with Crippen molar-refractivity contribution in [3.63, 3.8) is 0 Å². The number of rotatable bonds is 5. The van der Waals surface area contributed by atoms with Gasteiger partial charge >= 0.3 is 12.1 Å². The van der Waals surface area contributed by atoms with Crippen LogP contribution in [-0.2, 0) is 14.3 Å². The van der Waals surface area contributed by atoms with E-state index in [1.807, 2.05) is 36.4 Å². The molecule has 4 rings (SSSR count). The second-order valence-electron chi connectivity index (χ2n) is 6.44. The molecule has 6 nitrogen and oxygen atoms in total. The number of esters is 1. The highest BCUT2D eigenvalue weighted by molar-refractivity contribution is 5.82. The molecule has 3 aromatic rings. The van der Waals surface area contributed by atoms with Crippen LogP contribution in [0.1, 0.15) is 28.8 Å². The van der Waals surface area contributed by atoms with Crippen molar-refractivity contribution in [3.8, 4) is 11.1 Å². The van der Waals surface area contributed by atoms with Gasteiger partial charge in [0.25, 0.3) is 0 Å². The van der Waals surface area contributed by atoms with E-state index in [-0.39, 0.29) is 18.3 Å². The molecule has 142 valence electrons. The van der Waals surface area contributed by atoms with Crippen LogP contribution in [0, 0.1) is 0 Å². The highest BCUT2D eigenvalue weighted by Gasteiger charge is 2.30. The summed E-state index contributed by atoms with van der Waals surface area (Å²) in [5, 5.41) is 2.51. The third-order valence-electron chi connectivity index (χ3n) is 4.87. The maximum atomic E-state index is 12.4. The highest BCUT2D eigenvalue weighted by atomic mass is 16.6. The Balaban J connectivity index is 1.48.